The van der Waals surface area contributed by atoms with Crippen molar-refractivity contribution in [1.82, 2.24) is 0 Å². The number of halogens is 3. The lowest BCUT2D eigenvalue weighted by molar-refractivity contribution is -0.137. The molecule has 0 heterocycles. The van der Waals surface area contributed by atoms with E-state index < -0.39 is 17.7 Å². The van der Waals surface area contributed by atoms with Crippen LogP contribution in [0.2, 0.25) is 0 Å². The van der Waals surface area contributed by atoms with Gasteiger partial charge in [0, 0.05) is 12.1 Å². The molecule has 5 nitrogen and oxygen atoms in total. The summed E-state index contributed by atoms with van der Waals surface area (Å²) in [6.45, 7) is 5.46. The second-order valence-electron chi connectivity index (χ2n) is 8.90. The van der Waals surface area contributed by atoms with Gasteiger partial charge < -0.3 is 19.3 Å². The third kappa shape index (κ3) is 7.19. The van der Waals surface area contributed by atoms with E-state index in [1.807, 2.05) is 19.9 Å². The van der Waals surface area contributed by atoms with Crippen LogP contribution in [0.3, 0.4) is 0 Å². The van der Waals surface area contributed by atoms with Gasteiger partial charge in [-0.2, -0.15) is 13.2 Å². The minimum absolute atomic E-state index is 0.0799. The van der Waals surface area contributed by atoms with Crippen LogP contribution < -0.4 is 14.2 Å². The zero-order chi connectivity index (χ0) is 28.2. The van der Waals surface area contributed by atoms with Crippen LogP contribution >= 0.6 is 0 Å². The lowest BCUT2D eigenvalue weighted by atomic mass is 10.1. The van der Waals surface area contributed by atoms with Gasteiger partial charge in [0.1, 0.15) is 23.0 Å². The van der Waals surface area contributed by atoms with E-state index in [4.69, 9.17) is 19.3 Å². The second-order valence-corrected chi connectivity index (χ2v) is 8.90. The summed E-state index contributed by atoms with van der Waals surface area (Å²) >= 11 is 0. The van der Waals surface area contributed by atoms with Crippen LogP contribution in [-0.4, -0.2) is 11.1 Å². The molecule has 8 heteroatoms. The zero-order valence-corrected chi connectivity index (χ0v) is 21.4. The fraction of sp³-hybridized carbons (Fsp3) is 0.129. The quantitative estimate of drug-likeness (QED) is 0.228. The molecule has 0 aromatic heterocycles. The van der Waals surface area contributed by atoms with Crippen LogP contribution in [0, 0.1) is 20.8 Å². The smallest absolute Gasteiger partial charge is 0.416 e. The number of hydrogen-bond acceptors (Lipinski definition) is 4. The van der Waals surface area contributed by atoms with E-state index in [2.05, 4.69) is 0 Å². The van der Waals surface area contributed by atoms with Crippen molar-refractivity contribution in [1.29, 1.82) is 0 Å². The van der Waals surface area contributed by atoms with E-state index in [1.165, 1.54) is 12.1 Å². The standard InChI is InChI=1S/C31H25F3O5/c1-19-14-25(37-24-11-8-22(21(3)16-24)9-13-30(35)36)18-26(15-19)38-28-12-10-23(31(32,33)34)17-29(28)39-27-7-5-4-6-20(27)2/h4-18H,1-3H3,(H,35,36)/b13-9+. The van der Waals surface area contributed by atoms with Crippen LogP contribution in [0.5, 0.6) is 34.5 Å². The van der Waals surface area contributed by atoms with E-state index in [-0.39, 0.29) is 11.5 Å². The fourth-order valence-corrected chi connectivity index (χ4v) is 3.79. The number of ether oxygens (including phenoxy) is 3. The second kappa shape index (κ2) is 11.3. The van der Waals surface area contributed by atoms with Crippen molar-refractivity contribution in [2.24, 2.45) is 0 Å². The molecule has 0 aliphatic carbocycles. The minimum atomic E-state index is -4.55. The first-order valence-corrected chi connectivity index (χ1v) is 11.9. The average molecular weight is 535 g/mol. The van der Waals surface area contributed by atoms with Crippen LogP contribution in [0.25, 0.3) is 6.08 Å². The molecule has 0 saturated heterocycles. The van der Waals surface area contributed by atoms with Crippen molar-refractivity contribution < 1.29 is 37.3 Å². The molecule has 1 N–H and O–H groups in total. The third-order valence-corrected chi connectivity index (χ3v) is 5.72. The lowest BCUT2D eigenvalue weighted by Gasteiger charge is -2.17. The van der Waals surface area contributed by atoms with Gasteiger partial charge in [0.25, 0.3) is 0 Å². The van der Waals surface area contributed by atoms with Crippen molar-refractivity contribution in [2.75, 3.05) is 0 Å². The number of para-hydroxylation sites is 1. The Balaban J connectivity index is 1.62. The van der Waals surface area contributed by atoms with Crippen LogP contribution in [0.1, 0.15) is 27.8 Å². The van der Waals surface area contributed by atoms with Crippen LogP contribution in [0.15, 0.2) is 84.9 Å². The first-order chi connectivity index (χ1) is 18.5. The summed E-state index contributed by atoms with van der Waals surface area (Å²) in [5.41, 5.74) is 2.25. The van der Waals surface area contributed by atoms with Crippen molar-refractivity contribution in [3.05, 3.63) is 113 Å². The summed E-state index contributed by atoms with van der Waals surface area (Å²) < 4.78 is 58.2. The van der Waals surface area contributed by atoms with Gasteiger partial charge in [-0.1, -0.05) is 24.3 Å². The van der Waals surface area contributed by atoms with Crippen LogP contribution in [-0.2, 0) is 11.0 Å². The highest BCUT2D eigenvalue weighted by molar-refractivity contribution is 5.85. The molecule has 0 unspecified atom stereocenters. The molecule has 0 bridgehead atoms. The Hall–Kier alpha value is -4.72. The van der Waals surface area contributed by atoms with E-state index in [0.717, 1.165) is 40.5 Å². The average Bonchev–Trinajstić information content (AvgIpc) is 2.85. The number of alkyl halides is 3. The molecule has 0 aliphatic heterocycles. The lowest BCUT2D eigenvalue weighted by Crippen LogP contribution is -2.05. The van der Waals surface area contributed by atoms with Gasteiger partial charge in [0.2, 0.25) is 0 Å². The summed E-state index contributed by atoms with van der Waals surface area (Å²) in [7, 11) is 0. The number of benzene rings is 4. The van der Waals surface area contributed by atoms with Crippen molar-refractivity contribution >= 4 is 12.0 Å². The van der Waals surface area contributed by atoms with Crippen molar-refractivity contribution in [2.45, 2.75) is 26.9 Å². The molecule has 200 valence electrons. The Morgan fingerprint density at radius 2 is 1.44 bits per heavy atom. The first kappa shape index (κ1) is 27.3. The number of carboxylic acids is 1. The topological polar surface area (TPSA) is 65.0 Å². The van der Waals surface area contributed by atoms with Gasteiger partial charge >= 0.3 is 12.1 Å². The Labute approximate surface area is 223 Å². The highest BCUT2D eigenvalue weighted by atomic mass is 19.4. The van der Waals surface area contributed by atoms with Gasteiger partial charge in [0.15, 0.2) is 11.5 Å². The number of hydrogen-bond donors (Lipinski definition) is 1. The van der Waals surface area contributed by atoms with E-state index in [9.17, 15) is 18.0 Å². The Kier molecular flexibility index (Phi) is 7.95. The highest BCUT2D eigenvalue weighted by Gasteiger charge is 2.32. The molecular formula is C31H25F3O5. The Bertz CT molecular complexity index is 1540. The Morgan fingerprint density at radius 3 is 2.10 bits per heavy atom. The number of aryl methyl sites for hydroxylation is 3. The minimum Gasteiger partial charge on any atom is -0.478 e. The predicted molar refractivity (Wildman–Crippen MR) is 142 cm³/mol. The summed E-state index contributed by atoms with van der Waals surface area (Å²) in [4.78, 5) is 10.8. The largest absolute Gasteiger partial charge is 0.478 e. The fourth-order valence-electron chi connectivity index (χ4n) is 3.79. The number of carboxylic acid groups (broad SMARTS) is 1. The molecule has 4 aromatic rings. The monoisotopic (exact) mass is 534 g/mol. The summed E-state index contributed by atoms with van der Waals surface area (Å²) in [6, 6.07) is 20.5. The predicted octanol–water partition coefficient (Wildman–Crippen LogP) is 9.11. The van der Waals surface area contributed by atoms with Gasteiger partial charge in [-0.05, 0) is 97.6 Å². The Morgan fingerprint density at radius 1 is 0.718 bits per heavy atom. The maximum absolute atomic E-state index is 13.4. The van der Waals surface area contributed by atoms with Crippen molar-refractivity contribution in [3.63, 3.8) is 0 Å². The SMILES string of the molecule is Cc1cc(Oc2ccc(/C=C/C(=O)O)c(C)c2)cc(Oc2ccc(C(F)(F)F)cc2Oc2ccccc2C)c1. The van der Waals surface area contributed by atoms with E-state index >= 15 is 0 Å². The van der Waals surface area contributed by atoms with Gasteiger partial charge in [-0.15, -0.1) is 0 Å². The zero-order valence-electron chi connectivity index (χ0n) is 21.4. The molecule has 39 heavy (non-hydrogen) atoms. The summed E-state index contributed by atoms with van der Waals surface area (Å²) in [5.74, 6) is 0.713. The number of carbonyl (C=O) groups is 1. The summed E-state index contributed by atoms with van der Waals surface area (Å²) in [6.07, 6.45) is -1.99. The molecule has 0 amide bonds. The first-order valence-electron chi connectivity index (χ1n) is 11.9. The molecule has 4 aromatic carbocycles. The van der Waals surface area contributed by atoms with Crippen LogP contribution in [0.4, 0.5) is 13.2 Å². The molecule has 0 aliphatic rings. The molecule has 4 rings (SSSR count). The molecule has 0 radical (unpaired) electrons. The molecule has 0 saturated carbocycles. The van der Waals surface area contributed by atoms with Gasteiger partial charge in [-0.25, -0.2) is 4.79 Å². The molecule has 0 fully saturated rings. The highest BCUT2D eigenvalue weighted by Crippen LogP contribution is 2.41. The summed E-state index contributed by atoms with van der Waals surface area (Å²) in [5, 5.41) is 8.84. The molecule has 0 atom stereocenters. The maximum Gasteiger partial charge on any atom is 0.416 e. The van der Waals surface area contributed by atoms with Gasteiger partial charge in [0.05, 0.1) is 5.56 Å². The third-order valence-electron chi connectivity index (χ3n) is 5.72. The van der Waals surface area contributed by atoms with Gasteiger partial charge in [-0.3, -0.25) is 0 Å². The van der Waals surface area contributed by atoms with Crippen molar-refractivity contribution in [3.8, 4) is 34.5 Å². The van der Waals surface area contributed by atoms with E-state index in [0.29, 0.717) is 23.0 Å². The van der Waals surface area contributed by atoms with E-state index in [1.54, 1.807) is 61.5 Å². The molecule has 0 spiro atoms. The number of rotatable bonds is 8. The molecular weight excluding hydrogens is 509 g/mol. The number of aliphatic carboxylic acids is 1. The normalized spacial score (nSPS) is 11.4. The maximum atomic E-state index is 13.4.